The van der Waals surface area contributed by atoms with E-state index in [1.54, 1.807) is 0 Å². The van der Waals surface area contributed by atoms with Gasteiger partial charge in [-0.3, -0.25) is 9.89 Å². The first kappa shape index (κ1) is 19.7. The number of sulfonamides is 1. The third kappa shape index (κ3) is 4.09. The number of H-pyrrole nitrogens is 1. The first-order valence-electron chi connectivity index (χ1n) is 7.82. The number of aromatic amines is 1. The number of benzene rings is 2. The molecule has 0 fully saturated rings. The Hall–Kier alpha value is -3.08. The Bertz CT molecular complexity index is 1140. The van der Waals surface area contributed by atoms with E-state index >= 15 is 0 Å². The third-order valence-corrected chi connectivity index (χ3v) is 5.14. The second-order valence-electron chi connectivity index (χ2n) is 5.84. The molecule has 0 atom stereocenters. The number of nitrogens with zero attached hydrogens (tertiary/aromatic N) is 1. The van der Waals surface area contributed by atoms with E-state index in [0.29, 0.717) is 5.56 Å². The van der Waals surface area contributed by atoms with Crippen molar-refractivity contribution in [2.24, 2.45) is 5.14 Å². The molecule has 0 aliphatic heterocycles. The van der Waals surface area contributed by atoms with Crippen LogP contribution in [0.25, 0.3) is 11.3 Å². The van der Waals surface area contributed by atoms with Gasteiger partial charge in [0.05, 0.1) is 15.5 Å². The van der Waals surface area contributed by atoms with Gasteiger partial charge in [0, 0.05) is 24.4 Å². The highest BCUT2D eigenvalue weighted by molar-refractivity contribution is 7.89. The number of rotatable bonds is 5. The largest absolute Gasteiger partial charge is 0.507 e. The molecule has 0 saturated heterocycles. The fourth-order valence-corrected chi connectivity index (χ4v) is 3.16. The molecular formula is C17H15ClN4O5S. The molecule has 0 saturated carbocycles. The summed E-state index contributed by atoms with van der Waals surface area (Å²) in [5.74, 6) is -1.07. The van der Waals surface area contributed by atoms with Gasteiger partial charge >= 0.3 is 0 Å². The molecule has 2 aromatic carbocycles. The highest BCUT2D eigenvalue weighted by Gasteiger charge is 2.20. The normalized spacial score (nSPS) is 11.4. The summed E-state index contributed by atoms with van der Waals surface area (Å²) in [5, 5.41) is 33.8. The number of primary sulfonamides is 1. The van der Waals surface area contributed by atoms with Crippen LogP contribution in [0.15, 0.2) is 47.5 Å². The monoisotopic (exact) mass is 422 g/mol. The van der Waals surface area contributed by atoms with E-state index in [0.717, 1.165) is 6.07 Å². The van der Waals surface area contributed by atoms with Gasteiger partial charge in [-0.15, -0.1) is 0 Å². The number of carbonyl (C=O) groups excluding carboxylic acids is 1. The van der Waals surface area contributed by atoms with Crippen LogP contribution in [0.2, 0.25) is 5.02 Å². The van der Waals surface area contributed by atoms with Gasteiger partial charge in [0.1, 0.15) is 17.2 Å². The first-order chi connectivity index (χ1) is 13.2. The Morgan fingerprint density at radius 2 is 1.86 bits per heavy atom. The minimum absolute atomic E-state index is 0.00268. The number of hydrogen-bond acceptors (Lipinski definition) is 6. The molecule has 0 aliphatic carbocycles. The van der Waals surface area contributed by atoms with Crippen LogP contribution in [0.4, 0.5) is 0 Å². The maximum Gasteiger partial charge on any atom is 0.255 e. The lowest BCUT2D eigenvalue weighted by atomic mass is 10.1. The predicted octanol–water partition coefficient (Wildman–Crippen LogP) is 1.72. The van der Waals surface area contributed by atoms with Gasteiger partial charge in [-0.25, -0.2) is 13.6 Å². The van der Waals surface area contributed by atoms with Crippen LogP contribution in [0.1, 0.15) is 15.9 Å². The van der Waals surface area contributed by atoms with Crippen molar-refractivity contribution in [2.75, 3.05) is 0 Å². The number of nitrogens with one attached hydrogen (secondary N) is 2. The topological polar surface area (TPSA) is 158 Å². The summed E-state index contributed by atoms with van der Waals surface area (Å²) in [7, 11) is -3.79. The Labute approximate surface area is 164 Å². The second-order valence-corrected chi connectivity index (χ2v) is 7.81. The average Bonchev–Trinajstić information content (AvgIpc) is 3.12. The van der Waals surface area contributed by atoms with E-state index in [9.17, 15) is 23.4 Å². The maximum absolute atomic E-state index is 12.5. The van der Waals surface area contributed by atoms with Crippen LogP contribution in [0.3, 0.4) is 0 Å². The van der Waals surface area contributed by atoms with Crippen molar-refractivity contribution < 1.29 is 23.4 Å². The van der Waals surface area contributed by atoms with E-state index in [1.165, 1.54) is 36.5 Å². The SMILES string of the molecule is NS(=O)(=O)c1ccc(CNC(=O)c2c[nH]nc2-c2cc(Cl)c(O)cc2O)cc1. The van der Waals surface area contributed by atoms with E-state index in [-0.39, 0.29) is 44.8 Å². The molecular weight excluding hydrogens is 408 g/mol. The highest BCUT2D eigenvalue weighted by Crippen LogP contribution is 2.37. The number of aromatic hydroxyl groups is 2. The van der Waals surface area contributed by atoms with Gasteiger partial charge < -0.3 is 15.5 Å². The van der Waals surface area contributed by atoms with Crippen LogP contribution in [0.5, 0.6) is 11.5 Å². The Morgan fingerprint density at radius 3 is 2.50 bits per heavy atom. The maximum atomic E-state index is 12.5. The molecule has 0 bridgehead atoms. The number of nitrogens with two attached hydrogens (primary N) is 1. The Balaban J connectivity index is 1.78. The molecule has 9 nitrogen and oxygen atoms in total. The minimum atomic E-state index is -3.79. The van der Waals surface area contributed by atoms with Crippen molar-refractivity contribution >= 4 is 27.5 Å². The summed E-state index contributed by atoms with van der Waals surface area (Å²) in [6.07, 6.45) is 1.36. The number of amides is 1. The number of aromatic nitrogens is 2. The van der Waals surface area contributed by atoms with Crippen molar-refractivity contribution in [3.05, 3.63) is 58.7 Å². The van der Waals surface area contributed by atoms with Crippen LogP contribution in [-0.2, 0) is 16.6 Å². The van der Waals surface area contributed by atoms with Crippen molar-refractivity contribution in [3.8, 4) is 22.8 Å². The van der Waals surface area contributed by atoms with E-state index < -0.39 is 15.9 Å². The minimum Gasteiger partial charge on any atom is -0.507 e. The van der Waals surface area contributed by atoms with Gasteiger partial charge in [-0.2, -0.15) is 5.10 Å². The summed E-state index contributed by atoms with van der Waals surface area (Å²) in [4.78, 5) is 12.5. The number of hydrogen-bond donors (Lipinski definition) is 5. The molecule has 3 aromatic rings. The van der Waals surface area contributed by atoms with Crippen molar-refractivity contribution in [1.29, 1.82) is 0 Å². The molecule has 0 spiro atoms. The number of carbonyl (C=O) groups is 1. The molecule has 1 amide bonds. The van der Waals surface area contributed by atoms with Gasteiger partial charge in [0.15, 0.2) is 0 Å². The molecule has 6 N–H and O–H groups in total. The summed E-state index contributed by atoms with van der Waals surface area (Å²) in [6.45, 7) is 0.122. The second kappa shape index (κ2) is 7.50. The third-order valence-electron chi connectivity index (χ3n) is 3.91. The molecule has 0 aliphatic rings. The zero-order valence-electron chi connectivity index (χ0n) is 14.2. The Kier molecular flexibility index (Phi) is 5.27. The molecule has 3 rings (SSSR count). The molecule has 28 heavy (non-hydrogen) atoms. The average molecular weight is 423 g/mol. The van der Waals surface area contributed by atoms with Gasteiger partial charge in [0.25, 0.3) is 5.91 Å². The summed E-state index contributed by atoms with van der Waals surface area (Å²) >= 11 is 5.87. The van der Waals surface area contributed by atoms with Crippen LogP contribution in [0, 0.1) is 0 Å². The standard InChI is InChI=1S/C17H15ClN4O5S/c18-13-5-11(14(23)6-15(13)24)16-12(8-21-22-16)17(25)20-7-9-1-3-10(4-2-9)28(19,26)27/h1-6,8,23-24H,7H2,(H,20,25)(H,21,22)(H2,19,26,27). The van der Waals surface area contributed by atoms with Crippen LogP contribution >= 0.6 is 11.6 Å². The molecule has 1 heterocycles. The summed E-state index contributed by atoms with van der Waals surface area (Å²) in [6, 6.07) is 8.10. The zero-order chi connectivity index (χ0) is 20.5. The van der Waals surface area contributed by atoms with E-state index in [2.05, 4.69) is 15.5 Å². The van der Waals surface area contributed by atoms with Crippen molar-refractivity contribution in [1.82, 2.24) is 15.5 Å². The molecule has 0 radical (unpaired) electrons. The van der Waals surface area contributed by atoms with Crippen LogP contribution < -0.4 is 10.5 Å². The van der Waals surface area contributed by atoms with E-state index in [4.69, 9.17) is 16.7 Å². The van der Waals surface area contributed by atoms with E-state index in [1.807, 2.05) is 0 Å². The van der Waals surface area contributed by atoms with Crippen molar-refractivity contribution in [2.45, 2.75) is 11.4 Å². The van der Waals surface area contributed by atoms with Gasteiger partial charge in [0.2, 0.25) is 10.0 Å². The Morgan fingerprint density at radius 1 is 1.18 bits per heavy atom. The number of phenols is 2. The van der Waals surface area contributed by atoms with Gasteiger partial charge in [-0.1, -0.05) is 23.7 Å². The fraction of sp³-hybridized carbons (Fsp3) is 0.0588. The smallest absolute Gasteiger partial charge is 0.255 e. The molecule has 146 valence electrons. The lowest BCUT2D eigenvalue weighted by Crippen LogP contribution is -2.23. The van der Waals surface area contributed by atoms with Crippen molar-refractivity contribution in [3.63, 3.8) is 0 Å². The lowest BCUT2D eigenvalue weighted by molar-refractivity contribution is 0.0951. The quantitative estimate of drug-likeness (QED) is 0.421. The van der Waals surface area contributed by atoms with Crippen LogP contribution in [-0.4, -0.2) is 34.7 Å². The lowest BCUT2D eigenvalue weighted by Gasteiger charge is -2.08. The van der Waals surface area contributed by atoms with Gasteiger partial charge in [-0.05, 0) is 23.8 Å². The number of phenolic OH excluding ortho intramolecular Hbond substituents is 2. The summed E-state index contributed by atoms with van der Waals surface area (Å²) in [5.41, 5.74) is 1.13. The summed E-state index contributed by atoms with van der Waals surface area (Å²) < 4.78 is 22.5. The number of halogens is 1. The predicted molar refractivity (Wildman–Crippen MR) is 101 cm³/mol. The molecule has 1 aromatic heterocycles. The highest BCUT2D eigenvalue weighted by atomic mass is 35.5. The first-order valence-corrected chi connectivity index (χ1v) is 9.75. The molecule has 0 unspecified atom stereocenters. The fourth-order valence-electron chi connectivity index (χ4n) is 2.48. The zero-order valence-corrected chi connectivity index (χ0v) is 15.8. The molecule has 11 heteroatoms.